The topological polar surface area (TPSA) is 88.1 Å². The second-order valence-corrected chi connectivity index (χ2v) is 11.6. The van der Waals surface area contributed by atoms with E-state index in [1.807, 2.05) is 53.4 Å². The highest BCUT2D eigenvalue weighted by atomic mass is 16.5. The summed E-state index contributed by atoms with van der Waals surface area (Å²) in [6, 6.07) is 27.2. The van der Waals surface area contributed by atoms with Crippen LogP contribution in [0.15, 0.2) is 84.9 Å². The molecule has 5 heterocycles. The predicted octanol–water partition coefficient (Wildman–Crippen LogP) is 6.43. The maximum atomic E-state index is 13.8. The van der Waals surface area contributed by atoms with Crippen LogP contribution in [-0.2, 0) is 28.9 Å². The van der Waals surface area contributed by atoms with Crippen molar-refractivity contribution in [2.45, 2.75) is 51.5 Å². The molecule has 1 unspecified atom stereocenters. The molecule has 0 spiro atoms. The van der Waals surface area contributed by atoms with E-state index < -0.39 is 0 Å². The molecule has 0 fully saturated rings. The SMILES string of the molecule is Cc1ccc(CCC(=O)N2CCc3cc4ccc3C2c2ccc(cc2)OCCCNC(=O)CCc2ccc(O)c(c2)O4)cc1. The standard InChI is InChI=1S/C37H38N2O5/c1-25-3-5-26(6-4-25)9-18-36(42)39-21-19-29-24-31-14-15-32(29)37(39)28-10-12-30(13-11-28)43-22-2-20-38-35(41)17-8-27-7-16-33(40)34(23-27)44-31/h3-7,10-16,23-24,37,40H,2,8-9,17-22H2,1H3,(H,38,41). The monoisotopic (exact) mass is 590 g/mol. The normalized spacial score (nSPS) is 16.8. The molecule has 226 valence electrons. The summed E-state index contributed by atoms with van der Waals surface area (Å²) < 4.78 is 12.1. The van der Waals surface area contributed by atoms with E-state index in [-0.39, 0.29) is 23.6 Å². The zero-order valence-electron chi connectivity index (χ0n) is 25.1. The van der Waals surface area contributed by atoms with Crippen LogP contribution >= 0.6 is 0 Å². The van der Waals surface area contributed by atoms with Gasteiger partial charge in [0, 0.05) is 25.9 Å². The van der Waals surface area contributed by atoms with Crippen molar-refractivity contribution in [2.24, 2.45) is 0 Å². The smallest absolute Gasteiger partial charge is 0.223 e. The number of aromatic hydroxyl groups is 1. The molecule has 2 amide bonds. The second kappa shape index (κ2) is 13.2. The molecule has 4 aromatic carbocycles. The highest BCUT2D eigenvalue weighted by Gasteiger charge is 2.32. The summed E-state index contributed by atoms with van der Waals surface area (Å²) in [7, 11) is 0. The number of carbonyl (C=O) groups excluding carboxylic acids is 2. The van der Waals surface area contributed by atoms with Gasteiger partial charge in [-0.15, -0.1) is 0 Å². The Morgan fingerprint density at radius 1 is 0.932 bits per heavy atom. The molecule has 8 bridgehead atoms. The summed E-state index contributed by atoms with van der Waals surface area (Å²) in [4.78, 5) is 28.1. The van der Waals surface area contributed by atoms with Crippen molar-refractivity contribution in [2.75, 3.05) is 19.7 Å². The Hall–Kier alpha value is -4.78. The van der Waals surface area contributed by atoms with Crippen molar-refractivity contribution < 1.29 is 24.2 Å². The van der Waals surface area contributed by atoms with Gasteiger partial charge in [0.25, 0.3) is 0 Å². The zero-order valence-corrected chi connectivity index (χ0v) is 25.1. The van der Waals surface area contributed by atoms with E-state index in [0.717, 1.165) is 33.6 Å². The van der Waals surface area contributed by atoms with Crippen molar-refractivity contribution in [1.29, 1.82) is 0 Å². The van der Waals surface area contributed by atoms with Gasteiger partial charge in [0.15, 0.2) is 11.5 Å². The Morgan fingerprint density at radius 2 is 1.73 bits per heavy atom. The molecular formula is C37H38N2O5. The minimum Gasteiger partial charge on any atom is -0.504 e. The van der Waals surface area contributed by atoms with Gasteiger partial charge in [-0.25, -0.2) is 0 Å². The molecule has 5 aliphatic rings. The number of aryl methyl sites for hydroxylation is 3. The molecule has 0 aromatic heterocycles. The van der Waals surface area contributed by atoms with Gasteiger partial charge in [-0.3, -0.25) is 9.59 Å². The van der Waals surface area contributed by atoms with Gasteiger partial charge in [0.1, 0.15) is 11.5 Å². The zero-order chi connectivity index (χ0) is 30.5. The van der Waals surface area contributed by atoms with Crippen LogP contribution in [0.1, 0.15) is 58.7 Å². The number of phenolic OH excluding ortho intramolecular Hbond substituents is 1. The van der Waals surface area contributed by atoms with Crippen molar-refractivity contribution in [3.8, 4) is 23.0 Å². The van der Waals surface area contributed by atoms with Gasteiger partial charge in [0.2, 0.25) is 11.8 Å². The number of ether oxygens (including phenoxy) is 2. The molecule has 0 saturated heterocycles. The summed E-state index contributed by atoms with van der Waals surface area (Å²) in [5, 5.41) is 13.5. The van der Waals surface area contributed by atoms with E-state index in [1.165, 1.54) is 5.56 Å². The van der Waals surface area contributed by atoms with E-state index in [4.69, 9.17) is 9.47 Å². The Balaban J connectivity index is 1.31. The molecule has 44 heavy (non-hydrogen) atoms. The molecular weight excluding hydrogens is 552 g/mol. The number of hydrogen-bond acceptors (Lipinski definition) is 5. The predicted molar refractivity (Wildman–Crippen MR) is 169 cm³/mol. The van der Waals surface area contributed by atoms with Crippen LogP contribution in [0.2, 0.25) is 0 Å². The minimum atomic E-state index is -0.242. The fraction of sp³-hybridized carbons (Fsp3) is 0.297. The average Bonchev–Trinajstić information content (AvgIpc) is 3.04. The van der Waals surface area contributed by atoms with E-state index >= 15 is 0 Å². The first-order valence-corrected chi connectivity index (χ1v) is 15.4. The molecule has 7 nitrogen and oxygen atoms in total. The number of nitrogens with zero attached hydrogens (tertiary/aromatic N) is 1. The number of amides is 2. The lowest BCUT2D eigenvalue weighted by Crippen LogP contribution is -2.40. The molecule has 9 rings (SSSR count). The number of carbonyl (C=O) groups is 2. The van der Waals surface area contributed by atoms with E-state index in [2.05, 4.69) is 36.5 Å². The molecule has 7 heteroatoms. The number of rotatable bonds is 3. The van der Waals surface area contributed by atoms with Crippen molar-refractivity contribution in [3.05, 3.63) is 118 Å². The third kappa shape index (κ3) is 6.88. The fourth-order valence-electron chi connectivity index (χ4n) is 5.95. The summed E-state index contributed by atoms with van der Waals surface area (Å²) in [6.45, 7) is 3.67. The lowest BCUT2D eigenvalue weighted by molar-refractivity contribution is -0.133. The Labute approximate surface area is 258 Å². The van der Waals surface area contributed by atoms with Crippen LogP contribution in [0.4, 0.5) is 0 Å². The van der Waals surface area contributed by atoms with Crippen LogP contribution in [0.3, 0.4) is 0 Å². The molecule has 5 aliphatic heterocycles. The first kappa shape index (κ1) is 29.3. The van der Waals surface area contributed by atoms with Crippen molar-refractivity contribution in [1.82, 2.24) is 10.2 Å². The minimum absolute atomic E-state index is 0.0292. The summed E-state index contributed by atoms with van der Waals surface area (Å²) in [6.07, 6.45) is 3.38. The first-order chi connectivity index (χ1) is 21.4. The molecule has 0 radical (unpaired) electrons. The van der Waals surface area contributed by atoms with Gasteiger partial charge in [-0.2, -0.15) is 0 Å². The van der Waals surface area contributed by atoms with Crippen LogP contribution in [-0.4, -0.2) is 41.5 Å². The first-order valence-electron chi connectivity index (χ1n) is 15.4. The van der Waals surface area contributed by atoms with Crippen LogP contribution in [0.5, 0.6) is 23.0 Å². The summed E-state index contributed by atoms with van der Waals surface area (Å²) in [5.41, 5.74) is 6.45. The van der Waals surface area contributed by atoms with Crippen molar-refractivity contribution in [3.63, 3.8) is 0 Å². The fourth-order valence-corrected chi connectivity index (χ4v) is 5.95. The number of hydrogen-bond donors (Lipinski definition) is 2. The third-order valence-corrected chi connectivity index (χ3v) is 8.41. The van der Waals surface area contributed by atoms with Gasteiger partial charge < -0.3 is 24.8 Å². The maximum Gasteiger partial charge on any atom is 0.223 e. The third-order valence-electron chi connectivity index (χ3n) is 8.41. The lowest BCUT2D eigenvalue weighted by atomic mass is 9.87. The van der Waals surface area contributed by atoms with Gasteiger partial charge in [0.05, 0.1) is 12.6 Å². The summed E-state index contributed by atoms with van der Waals surface area (Å²) in [5.74, 6) is 1.84. The maximum absolute atomic E-state index is 13.8. The van der Waals surface area contributed by atoms with Crippen LogP contribution in [0, 0.1) is 6.92 Å². The van der Waals surface area contributed by atoms with E-state index in [0.29, 0.717) is 69.7 Å². The molecule has 0 aliphatic carbocycles. The highest BCUT2D eigenvalue weighted by Crippen LogP contribution is 2.39. The van der Waals surface area contributed by atoms with Gasteiger partial charge >= 0.3 is 0 Å². The van der Waals surface area contributed by atoms with Crippen LogP contribution in [0.25, 0.3) is 0 Å². The van der Waals surface area contributed by atoms with Gasteiger partial charge in [-0.05, 0) is 96.8 Å². The summed E-state index contributed by atoms with van der Waals surface area (Å²) >= 11 is 0. The molecule has 0 saturated carbocycles. The van der Waals surface area contributed by atoms with Gasteiger partial charge in [-0.1, -0.05) is 54.1 Å². The largest absolute Gasteiger partial charge is 0.504 e. The number of nitrogens with one attached hydrogen (secondary N) is 1. The average molecular weight is 591 g/mol. The molecule has 4 aromatic rings. The lowest BCUT2D eigenvalue weighted by Gasteiger charge is -2.38. The number of phenols is 1. The van der Waals surface area contributed by atoms with E-state index in [1.54, 1.807) is 12.1 Å². The Kier molecular flexibility index (Phi) is 8.82. The van der Waals surface area contributed by atoms with Crippen LogP contribution < -0.4 is 14.8 Å². The quantitative estimate of drug-likeness (QED) is 0.287. The molecule has 2 N–H and O–H groups in total. The molecule has 1 atom stereocenters. The van der Waals surface area contributed by atoms with E-state index in [9.17, 15) is 14.7 Å². The Bertz CT molecular complexity index is 1630. The number of benzene rings is 4. The Morgan fingerprint density at radius 3 is 2.55 bits per heavy atom. The second-order valence-electron chi connectivity index (χ2n) is 11.6. The highest BCUT2D eigenvalue weighted by molar-refractivity contribution is 5.78. The van der Waals surface area contributed by atoms with Crippen molar-refractivity contribution >= 4 is 11.8 Å².